The minimum absolute atomic E-state index is 0.0994. The molecule has 1 rings (SSSR count). The van der Waals surface area contributed by atoms with Gasteiger partial charge in [-0.3, -0.25) is 4.79 Å². The molecule has 4 nitrogen and oxygen atoms in total. The number of hydrogen-bond donors (Lipinski definition) is 0. The first-order valence-electron chi connectivity index (χ1n) is 5.56. The molecule has 0 aliphatic heterocycles. The molecule has 112 valence electrons. The van der Waals surface area contributed by atoms with Crippen molar-refractivity contribution < 1.29 is 13.2 Å². The molecule has 0 fully saturated rings. The molecule has 0 saturated heterocycles. The lowest BCUT2D eigenvalue weighted by Gasteiger charge is -2.21. The van der Waals surface area contributed by atoms with Crippen molar-refractivity contribution in [3.8, 4) is 0 Å². The molecule has 1 amide bonds. The first-order valence-corrected chi connectivity index (χ1v) is 9.00. The summed E-state index contributed by atoms with van der Waals surface area (Å²) in [7, 11) is 1.13. The predicted molar refractivity (Wildman–Crippen MR) is 81.8 cm³/mol. The molecule has 0 saturated carbocycles. The van der Waals surface area contributed by atoms with Gasteiger partial charge in [0, 0.05) is 23.8 Å². The first kappa shape index (κ1) is 17.9. The normalized spacial score (nSPS) is 11.5. The van der Waals surface area contributed by atoms with Crippen LogP contribution in [-0.4, -0.2) is 32.3 Å². The number of nitrogens with zero attached hydrogens (tertiary/aromatic N) is 1. The Bertz CT molecular complexity index is 642. The van der Waals surface area contributed by atoms with Crippen molar-refractivity contribution >= 4 is 60.4 Å². The maximum absolute atomic E-state index is 12.3. The van der Waals surface area contributed by atoms with Gasteiger partial charge in [0.2, 0.25) is 0 Å². The van der Waals surface area contributed by atoms with Gasteiger partial charge < -0.3 is 4.90 Å². The zero-order valence-electron chi connectivity index (χ0n) is 10.6. The van der Waals surface area contributed by atoms with Gasteiger partial charge in [-0.25, -0.2) is 8.42 Å². The van der Waals surface area contributed by atoms with Crippen LogP contribution < -0.4 is 0 Å². The molecule has 0 spiro atoms. The number of hydrogen-bond acceptors (Lipinski definition) is 3. The Balaban J connectivity index is 3.62. The summed E-state index contributed by atoms with van der Waals surface area (Å²) in [5.41, 5.74) is -0.163. The molecule has 0 aromatic heterocycles. The summed E-state index contributed by atoms with van der Waals surface area (Å²) in [5.74, 6) is -0.505. The summed E-state index contributed by atoms with van der Waals surface area (Å²) in [5, 5.41) is -0.533. The Morgan fingerprint density at radius 3 is 2.05 bits per heavy atom. The van der Waals surface area contributed by atoms with Crippen LogP contribution in [0.15, 0.2) is 11.0 Å². The lowest BCUT2D eigenvalue weighted by molar-refractivity contribution is 0.0773. The van der Waals surface area contributed by atoms with E-state index in [1.165, 1.54) is 4.90 Å². The molecule has 1 aromatic rings. The van der Waals surface area contributed by atoms with E-state index in [1.54, 1.807) is 13.8 Å². The standard InChI is InChI=1S/C11H11Cl4NO3S/c1-3-16(4-2)11(17)8-9(13)6(12)5-7(10(8)14)20(15,18)19/h5H,3-4H2,1-2H3. The topological polar surface area (TPSA) is 54.5 Å². The molecule has 1 aromatic carbocycles. The molecule has 9 heteroatoms. The molecule has 0 N–H and O–H groups in total. The molecule has 0 atom stereocenters. The van der Waals surface area contributed by atoms with Gasteiger partial charge >= 0.3 is 0 Å². The smallest absolute Gasteiger partial charge is 0.262 e. The molecular weight excluding hydrogens is 368 g/mol. The molecule has 0 unspecified atom stereocenters. The van der Waals surface area contributed by atoms with E-state index in [4.69, 9.17) is 45.5 Å². The summed E-state index contributed by atoms with van der Waals surface area (Å²) in [6, 6.07) is 1.02. The SMILES string of the molecule is CCN(CC)C(=O)c1c(Cl)c(Cl)cc(S(=O)(=O)Cl)c1Cl. The molecule has 0 bridgehead atoms. The monoisotopic (exact) mass is 377 g/mol. The lowest BCUT2D eigenvalue weighted by atomic mass is 10.2. The van der Waals surface area contributed by atoms with E-state index in [0.29, 0.717) is 13.1 Å². The van der Waals surface area contributed by atoms with Gasteiger partial charge in [0.25, 0.3) is 15.0 Å². The maximum atomic E-state index is 12.3. The van der Waals surface area contributed by atoms with Crippen LogP contribution in [0.2, 0.25) is 15.1 Å². The highest BCUT2D eigenvalue weighted by Crippen LogP contribution is 2.38. The van der Waals surface area contributed by atoms with Gasteiger partial charge in [0.1, 0.15) is 4.90 Å². The first-order chi connectivity index (χ1) is 9.15. The largest absolute Gasteiger partial charge is 0.339 e. The third-order valence-corrected chi connectivity index (χ3v) is 5.29. The van der Waals surface area contributed by atoms with E-state index in [2.05, 4.69) is 0 Å². The fourth-order valence-corrected chi connectivity index (χ4v) is 3.75. The number of benzene rings is 1. The van der Waals surface area contributed by atoms with Gasteiger partial charge in [0.05, 0.1) is 20.6 Å². The van der Waals surface area contributed by atoms with E-state index < -0.39 is 19.9 Å². The summed E-state index contributed by atoms with van der Waals surface area (Å²) >= 11 is 17.8. The van der Waals surface area contributed by atoms with Crippen LogP contribution in [0.25, 0.3) is 0 Å². The second kappa shape index (κ2) is 6.71. The zero-order chi connectivity index (χ0) is 15.7. The van der Waals surface area contributed by atoms with E-state index in [0.717, 1.165) is 6.07 Å². The van der Waals surface area contributed by atoms with Crippen LogP contribution in [0.1, 0.15) is 24.2 Å². The van der Waals surface area contributed by atoms with Crippen molar-refractivity contribution in [1.29, 1.82) is 0 Å². The second-order valence-electron chi connectivity index (χ2n) is 3.77. The number of halogens is 4. The van der Waals surface area contributed by atoms with Crippen LogP contribution in [-0.2, 0) is 9.05 Å². The Morgan fingerprint density at radius 2 is 1.65 bits per heavy atom. The van der Waals surface area contributed by atoms with E-state index in [-0.39, 0.29) is 20.6 Å². The number of carbonyl (C=O) groups excluding carboxylic acids is 1. The number of rotatable bonds is 4. The molecule has 20 heavy (non-hydrogen) atoms. The predicted octanol–water partition coefficient (Wildman–Crippen LogP) is 4.06. The number of amides is 1. The van der Waals surface area contributed by atoms with Crippen molar-refractivity contribution in [2.45, 2.75) is 18.7 Å². The number of carbonyl (C=O) groups is 1. The molecule has 0 aliphatic carbocycles. The van der Waals surface area contributed by atoms with Gasteiger partial charge in [0.15, 0.2) is 0 Å². The van der Waals surface area contributed by atoms with Crippen molar-refractivity contribution in [2.75, 3.05) is 13.1 Å². The van der Waals surface area contributed by atoms with E-state index in [1.807, 2.05) is 0 Å². The Morgan fingerprint density at radius 1 is 1.15 bits per heavy atom. The summed E-state index contributed by atoms with van der Waals surface area (Å²) in [4.78, 5) is 13.3. The van der Waals surface area contributed by atoms with Gasteiger partial charge in [-0.1, -0.05) is 34.8 Å². The second-order valence-corrected chi connectivity index (χ2v) is 7.47. The fraction of sp³-hybridized carbons (Fsp3) is 0.364. The van der Waals surface area contributed by atoms with Crippen molar-refractivity contribution in [1.82, 2.24) is 4.90 Å². The Kier molecular flexibility index (Phi) is 5.99. The third-order valence-electron chi connectivity index (χ3n) is 2.65. The van der Waals surface area contributed by atoms with Gasteiger partial charge in [-0.15, -0.1) is 0 Å². The van der Waals surface area contributed by atoms with Crippen LogP contribution in [0.3, 0.4) is 0 Å². The molecular formula is C11H11Cl4NO3S. The fourth-order valence-electron chi connectivity index (χ4n) is 1.61. The highest BCUT2D eigenvalue weighted by atomic mass is 35.7. The van der Waals surface area contributed by atoms with Crippen LogP contribution in [0.5, 0.6) is 0 Å². The average Bonchev–Trinajstić information content (AvgIpc) is 2.34. The Labute approximate surface area is 137 Å². The summed E-state index contributed by atoms with van der Waals surface area (Å²) in [6.07, 6.45) is 0. The van der Waals surface area contributed by atoms with E-state index in [9.17, 15) is 13.2 Å². The third kappa shape index (κ3) is 3.52. The minimum Gasteiger partial charge on any atom is -0.339 e. The lowest BCUT2D eigenvalue weighted by Crippen LogP contribution is -2.31. The van der Waals surface area contributed by atoms with Crippen molar-refractivity contribution in [3.05, 3.63) is 26.7 Å². The molecule has 0 heterocycles. The highest BCUT2D eigenvalue weighted by Gasteiger charge is 2.27. The minimum atomic E-state index is -4.14. The highest BCUT2D eigenvalue weighted by molar-refractivity contribution is 8.13. The Hall–Kier alpha value is -0.200. The van der Waals surface area contributed by atoms with Crippen molar-refractivity contribution in [3.63, 3.8) is 0 Å². The molecule has 0 radical (unpaired) electrons. The summed E-state index contributed by atoms with van der Waals surface area (Å²) in [6.45, 7) is 4.37. The van der Waals surface area contributed by atoms with Gasteiger partial charge in [-0.2, -0.15) is 0 Å². The quantitative estimate of drug-likeness (QED) is 0.586. The van der Waals surface area contributed by atoms with Crippen LogP contribution in [0.4, 0.5) is 0 Å². The van der Waals surface area contributed by atoms with Crippen LogP contribution in [0, 0.1) is 0 Å². The maximum Gasteiger partial charge on any atom is 0.262 e. The van der Waals surface area contributed by atoms with Gasteiger partial charge in [-0.05, 0) is 19.9 Å². The average molecular weight is 379 g/mol. The van der Waals surface area contributed by atoms with Crippen molar-refractivity contribution in [2.24, 2.45) is 0 Å². The van der Waals surface area contributed by atoms with E-state index >= 15 is 0 Å². The zero-order valence-corrected chi connectivity index (χ0v) is 14.4. The molecule has 0 aliphatic rings. The van der Waals surface area contributed by atoms with Crippen LogP contribution >= 0.6 is 45.5 Å². The summed E-state index contributed by atoms with van der Waals surface area (Å²) < 4.78 is 22.9.